The van der Waals surface area contributed by atoms with Crippen molar-refractivity contribution in [1.29, 1.82) is 0 Å². The van der Waals surface area contributed by atoms with Gasteiger partial charge in [0.25, 0.3) is 0 Å². The molecule has 0 saturated heterocycles. The predicted molar refractivity (Wildman–Crippen MR) is 97.1 cm³/mol. The third kappa shape index (κ3) is 4.52. The van der Waals surface area contributed by atoms with Crippen molar-refractivity contribution in [2.24, 2.45) is 5.92 Å². The molecule has 2 N–H and O–H groups in total. The van der Waals surface area contributed by atoms with Crippen LogP contribution in [-0.4, -0.2) is 26.8 Å². The van der Waals surface area contributed by atoms with Gasteiger partial charge in [0.2, 0.25) is 5.91 Å². The molecule has 0 aliphatic carbocycles. The number of amides is 1. The molecule has 1 atom stereocenters. The molecule has 2 aromatic rings. The summed E-state index contributed by atoms with van der Waals surface area (Å²) in [6, 6.07) is 5.16. The number of carbonyl (C=O) groups is 2. The van der Waals surface area contributed by atoms with Crippen LogP contribution in [-0.2, 0) is 21.5 Å². The highest BCUT2D eigenvalue weighted by Crippen LogP contribution is 2.24. The molecule has 2 rings (SSSR count). The number of carboxylic acid groups (broad SMARTS) is 1. The van der Waals surface area contributed by atoms with Gasteiger partial charge in [-0.2, -0.15) is 5.10 Å². The van der Waals surface area contributed by atoms with Crippen molar-refractivity contribution in [1.82, 2.24) is 9.78 Å². The van der Waals surface area contributed by atoms with Gasteiger partial charge in [0, 0.05) is 22.2 Å². The van der Waals surface area contributed by atoms with Crippen LogP contribution in [0, 0.1) is 5.92 Å². The fourth-order valence-electron chi connectivity index (χ4n) is 2.17. The Kier molecular flexibility index (Phi) is 5.75. The Morgan fingerprint density at radius 3 is 2.64 bits per heavy atom. The Morgan fingerprint density at radius 1 is 1.36 bits per heavy atom. The maximum atomic E-state index is 12.4. The van der Waals surface area contributed by atoms with Crippen LogP contribution in [0.2, 0.25) is 10.0 Å². The van der Waals surface area contributed by atoms with Gasteiger partial charge in [0.15, 0.2) is 5.54 Å². The highest BCUT2D eigenvalue weighted by atomic mass is 35.5. The molecule has 0 radical (unpaired) electrons. The summed E-state index contributed by atoms with van der Waals surface area (Å²) in [5.74, 6) is -1.56. The van der Waals surface area contributed by atoms with Crippen LogP contribution in [0.15, 0.2) is 30.6 Å². The average Bonchev–Trinajstić information content (AvgIpc) is 2.99. The molecule has 1 heterocycles. The second-order valence-electron chi connectivity index (χ2n) is 6.37. The second-order valence-corrected chi connectivity index (χ2v) is 7.21. The first-order valence-electron chi connectivity index (χ1n) is 7.64. The third-order valence-corrected chi connectivity index (χ3v) is 4.52. The first-order valence-corrected chi connectivity index (χ1v) is 8.40. The topological polar surface area (TPSA) is 84.2 Å². The van der Waals surface area contributed by atoms with E-state index in [0.29, 0.717) is 22.2 Å². The minimum Gasteiger partial charge on any atom is -0.479 e. The van der Waals surface area contributed by atoms with E-state index >= 15 is 0 Å². The highest BCUT2D eigenvalue weighted by molar-refractivity contribution is 6.35. The molecule has 0 spiro atoms. The van der Waals surface area contributed by atoms with Crippen molar-refractivity contribution in [2.75, 3.05) is 5.32 Å². The van der Waals surface area contributed by atoms with E-state index < -0.39 is 11.5 Å². The van der Waals surface area contributed by atoms with Crippen molar-refractivity contribution in [3.05, 3.63) is 46.2 Å². The Bertz CT molecular complexity index is 802. The zero-order valence-corrected chi connectivity index (χ0v) is 15.6. The number of aromatic nitrogens is 2. The van der Waals surface area contributed by atoms with Crippen molar-refractivity contribution in [3.8, 4) is 0 Å². The number of rotatable bonds is 6. The number of aliphatic carboxylic acids is 1. The third-order valence-electron chi connectivity index (χ3n) is 3.94. The summed E-state index contributed by atoms with van der Waals surface area (Å²) in [7, 11) is 0. The SMILES string of the molecule is CC(Cc1ccc(Cl)cc1Cl)C(=O)Nc1cnn(C(C)(C)C(=O)O)c1. The largest absolute Gasteiger partial charge is 0.479 e. The standard InChI is InChI=1S/C17H19Cl2N3O3/c1-10(6-11-4-5-12(18)7-14(11)19)15(23)21-13-8-20-22(9-13)17(2,3)16(24)25/h4-5,7-10H,6H2,1-3H3,(H,21,23)(H,24,25). The van der Waals surface area contributed by atoms with Gasteiger partial charge in [-0.3, -0.25) is 9.48 Å². The zero-order chi connectivity index (χ0) is 18.8. The summed E-state index contributed by atoms with van der Waals surface area (Å²) in [4.78, 5) is 23.6. The van der Waals surface area contributed by atoms with E-state index in [0.717, 1.165) is 5.56 Å². The van der Waals surface area contributed by atoms with E-state index in [9.17, 15) is 14.7 Å². The summed E-state index contributed by atoms with van der Waals surface area (Å²) < 4.78 is 1.30. The fourth-order valence-corrected chi connectivity index (χ4v) is 2.65. The molecule has 0 saturated carbocycles. The lowest BCUT2D eigenvalue weighted by molar-refractivity contribution is -0.146. The number of anilines is 1. The number of carbonyl (C=O) groups excluding carboxylic acids is 1. The number of nitrogens with zero attached hydrogens (tertiary/aromatic N) is 2. The monoisotopic (exact) mass is 383 g/mol. The van der Waals surface area contributed by atoms with Gasteiger partial charge in [0.1, 0.15) is 0 Å². The summed E-state index contributed by atoms with van der Waals surface area (Å²) in [5, 5.41) is 17.0. The van der Waals surface area contributed by atoms with E-state index in [1.54, 1.807) is 25.1 Å². The molecule has 0 aliphatic heterocycles. The second kappa shape index (κ2) is 7.45. The Balaban J connectivity index is 2.04. The van der Waals surface area contributed by atoms with Crippen LogP contribution in [0.25, 0.3) is 0 Å². The van der Waals surface area contributed by atoms with E-state index in [2.05, 4.69) is 10.4 Å². The molecule has 6 nitrogen and oxygen atoms in total. The van der Waals surface area contributed by atoms with Crippen LogP contribution in [0.3, 0.4) is 0 Å². The van der Waals surface area contributed by atoms with Crippen molar-refractivity contribution < 1.29 is 14.7 Å². The predicted octanol–water partition coefficient (Wildman–Crippen LogP) is 3.83. The van der Waals surface area contributed by atoms with Gasteiger partial charge in [-0.15, -0.1) is 0 Å². The Morgan fingerprint density at radius 2 is 2.04 bits per heavy atom. The number of hydrogen-bond acceptors (Lipinski definition) is 3. The molecule has 8 heteroatoms. The molecule has 1 unspecified atom stereocenters. The van der Waals surface area contributed by atoms with Crippen molar-refractivity contribution in [3.63, 3.8) is 0 Å². The average molecular weight is 384 g/mol. The highest BCUT2D eigenvalue weighted by Gasteiger charge is 2.30. The van der Waals surface area contributed by atoms with Gasteiger partial charge < -0.3 is 10.4 Å². The molecule has 0 bridgehead atoms. The lowest BCUT2D eigenvalue weighted by atomic mass is 10.0. The number of nitrogens with one attached hydrogen (secondary N) is 1. The summed E-state index contributed by atoms with van der Waals surface area (Å²) in [6.45, 7) is 4.84. The maximum absolute atomic E-state index is 12.4. The lowest BCUT2D eigenvalue weighted by Crippen LogP contribution is -2.35. The molecule has 0 fully saturated rings. The molecule has 25 heavy (non-hydrogen) atoms. The van der Waals surface area contributed by atoms with Gasteiger partial charge in [-0.1, -0.05) is 36.2 Å². The van der Waals surface area contributed by atoms with Crippen LogP contribution < -0.4 is 5.32 Å². The minimum absolute atomic E-state index is 0.210. The molecule has 1 amide bonds. The van der Waals surface area contributed by atoms with E-state index in [1.807, 2.05) is 0 Å². The maximum Gasteiger partial charge on any atom is 0.331 e. The van der Waals surface area contributed by atoms with E-state index in [-0.39, 0.29) is 11.8 Å². The summed E-state index contributed by atoms with van der Waals surface area (Å²) >= 11 is 12.0. The first-order chi connectivity index (χ1) is 11.6. The number of halogens is 2. The number of benzene rings is 1. The number of carboxylic acids is 1. The minimum atomic E-state index is -1.20. The van der Waals surface area contributed by atoms with E-state index in [4.69, 9.17) is 23.2 Å². The van der Waals surface area contributed by atoms with Crippen LogP contribution in [0.5, 0.6) is 0 Å². The van der Waals surface area contributed by atoms with Crippen molar-refractivity contribution in [2.45, 2.75) is 32.7 Å². The molecule has 134 valence electrons. The normalized spacial score (nSPS) is 12.7. The fraction of sp³-hybridized carbons (Fsp3) is 0.353. The summed E-state index contributed by atoms with van der Waals surface area (Å²) in [6.07, 6.45) is 3.37. The first kappa shape index (κ1) is 19.3. The van der Waals surface area contributed by atoms with Crippen LogP contribution in [0.4, 0.5) is 5.69 Å². The van der Waals surface area contributed by atoms with Crippen LogP contribution >= 0.6 is 23.2 Å². The quantitative estimate of drug-likeness (QED) is 0.793. The van der Waals surface area contributed by atoms with Crippen molar-refractivity contribution >= 4 is 40.8 Å². The number of hydrogen-bond donors (Lipinski definition) is 2. The smallest absolute Gasteiger partial charge is 0.331 e. The molecular formula is C17H19Cl2N3O3. The van der Waals surface area contributed by atoms with Crippen LogP contribution in [0.1, 0.15) is 26.3 Å². The Hall–Kier alpha value is -2.05. The summed E-state index contributed by atoms with van der Waals surface area (Å²) in [5.41, 5.74) is 0.0654. The lowest BCUT2D eigenvalue weighted by Gasteiger charge is -2.19. The molecule has 1 aromatic heterocycles. The van der Waals surface area contributed by atoms with Gasteiger partial charge >= 0.3 is 5.97 Å². The molecular weight excluding hydrogens is 365 g/mol. The van der Waals surface area contributed by atoms with Gasteiger partial charge in [0.05, 0.1) is 11.9 Å². The Labute approximate surface area is 155 Å². The van der Waals surface area contributed by atoms with Gasteiger partial charge in [-0.25, -0.2) is 4.79 Å². The van der Waals surface area contributed by atoms with Gasteiger partial charge in [-0.05, 0) is 38.0 Å². The zero-order valence-electron chi connectivity index (χ0n) is 14.1. The molecule has 0 aliphatic rings. The molecule has 1 aromatic carbocycles. The van der Waals surface area contributed by atoms with E-state index in [1.165, 1.54) is 30.9 Å².